The van der Waals surface area contributed by atoms with Crippen LogP contribution in [-0.4, -0.2) is 4.98 Å². The Kier molecular flexibility index (Phi) is 3.92. The summed E-state index contributed by atoms with van der Waals surface area (Å²) in [5.74, 6) is 0.859. The highest BCUT2D eigenvalue weighted by Gasteiger charge is 2.04. The van der Waals surface area contributed by atoms with Crippen molar-refractivity contribution >= 4 is 29.1 Å². The molecule has 0 aliphatic rings. The van der Waals surface area contributed by atoms with E-state index in [4.69, 9.17) is 17.3 Å². The van der Waals surface area contributed by atoms with Gasteiger partial charge in [0.25, 0.3) is 0 Å². The number of nitrogens with two attached hydrogens (primary N) is 1. The van der Waals surface area contributed by atoms with Crippen LogP contribution in [0.15, 0.2) is 41.6 Å². The van der Waals surface area contributed by atoms with E-state index in [1.807, 2.05) is 0 Å². The number of hydrogen-bond donors (Lipinski definition) is 1. The molecule has 2 rings (SSSR count). The van der Waals surface area contributed by atoms with Crippen molar-refractivity contribution in [2.24, 2.45) is 0 Å². The molecule has 0 saturated heterocycles. The number of halogens is 1. The van der Waals surface area contributed by atoms with Crippen molar-refractivity contribution in [3.8, 4) is 0 Å². The molecule has 0 unspecified atom stereocenters. The first kappa shape index (κ1) is 12.3. The number of thioether (sulfide) groups is 1. The number of rotatable bonds is 3. The second kappa shape index (κ2) is 5.43. The van der Waals surface area contributed by atoms with Gasteiger partial charge in [0.1, 0.15) is 5.03 Å². The van der Waals surface area contributed by atoms with E-state index in [1.54, 1.807) is 24.0 Å². The Balaban J connectivity index is 2.07. The number of aromatic nitrogens is 1. The molecule has 0 bridgehead atoms. The number of nitrogen functional groups attached to an aromatic ring is 1. The van der Waals surface area contributed by atoms with Crippen LogP contribution in [0.3, 0.4) is 0 Å². The van der Waals surface area contributed by atoms with Crippen LogP contribution in [0.1, 0.15) is 11.1 Å². The second-order valence-electron chi connectivity index (χ2n) is 3.83. The van der Waals surface area contributed by atoms with Gasteiger partial charge in [-0.05, 0) is 18.6 Å². The number of aryl methyl sites for hydroxylation is 1. The molecule has 1 aromatic heterocycles. The SMILES string of the molecule is Cc1cccc(CSc2ncc(N)cc2Cl)c1. The number of anilines is 1. The van der Waals surface area contributed by atoms with Crippen LogP contribution in [0, 0.1) is 6.92 Å². The first-order chi connectivity index (χ1) is 8.15. The van der Waals surface area contributed by atoms with Crippen molar-refractivity contribution in [2.75, 3.05) is 5.73 Å². The monoisotopic (exact) mass is 264 g/mol. The molecule has 0 radical (unpaired) electrons. The van der Waals surface area contributed by atoms with Gasteiger partial charge in [-0.2, -0.15) is 0 Å². The van der Waals surface area contributed by atoms with Crippen molar-refractivity contribution in [3.63, 3.8) is 0 Å². The molecule has 0 saturated carbocycles. The first-order valence-corrected chi connectivity index (χ1v) is 6.61. The maximum Gasteiger partial charge on any atom is 0.115 e. The van der Waals surface area contributed by atoms with Crippen molar-refractivity contribution in [1.82, 2.24) is 4.98 Å². The fourth-order valence-corrected chi connectivity index (χ4v) is 2.65. The lowest BCUT2D eigenvalue weighted by Gasteiger charge is -2.04. The molecule has 88 valence electrons. The van der Waals surface area contributed by atoms with Gasteiger partial charge in [-0.25, -0.2) is 4.98 Å². The van der Waals surface area contributed by atoms with E-state index < -0.39 is 0 Å². The Morgan fingerprint density at radius 1 is 1.35 bits per heavy atom. The average Bonchev–Trinajstić information content (AvgIpc) is 2.28. The minimum absolute atomic E-state index is 0.593. The summed E-state index contributed by atoms with van der Waals surface area (Å²) in [6.07, 6.45) is 1.63. The molecular weight excluding hydrogens is 252 g/mol. The molecular formula is C13H13ClN2S. The normalized spacial score (nSPS) is 10.5. The van der Waals surface area contributed by atoms with Crippen molar-refractivity contribution in [2.45, 2.75) is 17.7 Å². The zero-order valence-electron chi connectivity index (χ0n) is 9.48. The summed E-state index contributed by atoms with van der Waals surface area (Å²) < 4.78 is 0. The van der Waals surface area contributed by atoms with Gasteiger partial charge in [0.15, 0.2) is 0 Å². The highest BCUT2D eigenvalue weighted by atomic mass is 35.5. The standard InChI is InChI=1S/C13H13ClN2S/c1-9-3-2-4-10(5-9)8-17-13-12(14)6-11(15)7-16-13/h2-7H,8,15H2,1H3. The minimum Gasteiger partial charge on any atom is -0.397 e. The second-order valence-corrected chi connectivity index (χ2v) is 5.20. The van der Waals surface area contributed by atoms with Crippen molar-refractivity contribution in [3.05, 3.63) is 52.7 Å². The Hall–Kier alpha value is -1.19. The van der Waals surface area contributed by atoms with E-state index in [0.717, 1.165) is 10.8 Å². The number of benzene rings is 1. The lowest BCUT2D eigenvalue weighted by molar-refractivity contribution is 1.13. The van der Waals surface area contributed by atoms with Crippen LogP contribution in [0.2, 0.25) is 5.02 Å². The van der Waals surface area contributed by atoms with Crippen LogP contribution >= 0.6 is 23.4 Å². The largest absolute Gasteiger partial charge is 0.397 e. The molecule has 2 nitrogen and oxygen atoms in total. The van der Waals surface area contributed by atoms with E-state index in [-0.39, 0.29) is 0 Å². The summed E-state index contributed by atoms with van der Waals surface area (Å²) in [5, 5.41) is 1.44. The minimum atomic E-state index is 0.593. The van der Waals surface area contributed by atoms with E-state index in [2.05, 4.69) is 36.2 Å². The summed E-state index contributed by atoms with van der Waals surface area (Å²) in [7, 11) is 0. The summed E-state index contributed by atoms with van der Waals surface area (Å²) in [6.45, 7) is 2.09. The number of nitrogens with zero attached hydrogens (tertiary/aromatic N) is 1. The summed E-state index contributed by atoms with van der Waals surface area (Å²) >= 11 is 7.68. The fraction of sp³-hybridized carbons (Fsp3) is 0.154. The predicted octanol–water partition coefficient (Wildman–Crippen LogP) is 3.92. The van der Waals surface area contributed by atoms with Gasteiger partial charge in [-0.1, -0.05) is 41.4 Å². The summed E-state index contributed by atoms with van der Waals surface area (Å²) in [6, 6.07) is 10.1. The topological polar surface area (TPSA) is 38.9 Å². The van der Waals surface area contributed by atoms with Crippen LogP contribution < -0.4 is 5.73 Å². The Morgan fingerprint density at radius 2 is 2.18 bits per heavy atom. The molecule has 0 atom stereocenters. The van der Waals surface area contributed by atoms with Crippen LogP contribution in [-0.2, 0) is 5.75 Å². The molecule has 1 heterocycles. The van der Waals surface area contributed by atoms with Crippen molar-refractivity contribution in [1.29, 1.82) is 0 Å². The maximum absolute atomic E-state index is 6.06. The highest BCUT2D eigenvalue weighted by Crippen LogP contribution is 2.28. The first-order valence-electron chi connectivity index (χ1n) is 5.24. The van der Waals surface area contributed by atoms with Gasteiger partial charge >= 0.3 is 0 Å². The van der Waals surface area contributed by atoms with Crippen LogP contribution in [0.5, 0.6) is 0 Å². The molecule has 0 spiro atoms. The van der Waals surface area contributed by atoms with E-state index in [0.29, 0.717) is 10.7 Å². The van der Waals surface area contributed by atoms with E-state index >= 15 is 0 Å². The van der Waals surface area contributed by atoms with Gasteiger partial charge < -0.3 is 5.73 Å². The molecule has 2 aromatic rings. The van der Waals surface area contributed by atoms with Gasteiger partial charge in [-0.15, -0.1) is 11.8 Å². The highest BCUT2D eigenvalue weighted by molar-refractivity contribution is 7.98. The lowest BCUT2D eigenvalue weighted by Crippen LogP contribution is -1.89. The van der Waals surface area contributed by atoms with E-state index in [1.165, 1.54) is 11.1 Å². The van der Waals surface area contributed by atoms with Gasteiger partial charge in [0.05, 0.1) is 16.9 Å². The molecule has 0 aliphatic carbocycles. The predicted molar refractivity (Wildman–Crippen MR) is 74.4 cm³/mol. The fourth-order valence-electron chi connectivity index (χ4n) is 1.50. The average molecular weight is 265 g/mol. The molecule has 4 heteroatoms. The van der Waals surface area contributed by atoms with Crippen LogP contribution in [0.4, 0.5) is 5.69 Å². The molecule has 1 aromatic carbocycles. The summed E-state index contributed by atoms with van der Waals surface area (Å²) in [5.41, 5.74) is 8.72. The summed E-state index contributed by atoms with van der Waals surface area (Å²) in [4.78, 5) is 4.22. The molecule has 17 heavy (non-hydrogen) atoms. The quantitative estimate of drug-likeness (QED) is 0.854. The number of hydrogen-bond acceptors (Lipinski definition) is 3. The molecule has 0 fully saturated rings. The molecule has 0 aliphatic heterocycles. The van der Waals surface area contributed by atoms with Gasteiger partial charge in [0.2, 0.25) is 0 Å². The Labute approximate surface area is 110 Å². The Morgan fingerprint density at radius 3 is 2.88 bits per heavy atom. The molecule has 0 amide bonds. The van der Waals surface area contributed by atoms with Gasteiger partial charge in [-0.3, -0.25) is 0 Å². The van der Waals surface area contributed by atoms with E-state index in [9.17, 15) is 0 Å². The smallest absolute Gasteiger partial charge is 0.115 e. The molecule has 2 N–H and O–H groups in total. The lowest BCUT2D eigenvalue weighted by atomic mass is 10.2. The third-order valence-electron chi connectivity index (χ3n) is 2.29. The van der Waals surface area contributed by atoms with Crippen LogP contribution in [0.25, 0.3) is 0 Å². The number of pyridine rings is 1. The Bertz CT molecular complexity index is 529. The maximum atomic E-state index is 6.06. The third kappa shape index (κ3) is 3.38. The van der Waals surface area contributed by atoms with Gasteiger partial charge in [0, 0.05) is 5.75 Å². The zero-order valence-corrected chi connectivity index (χ0v) is 11.1. The van der Waals surface area contributed by atoms with Crippen molar-refractivity contribution < 1.29 is 0 Å². The third-order valence-corrected chi connectivity index (χ3v) is 3.76. The zero-order chi connectivity index (χ0) is 12.3.